The lowest BCUT2D eigenvalue weighted by atomic mass is 10.2. The monoisotopic (exact) mass is 331 g/mol. The molecule has 2 amide bonds. The van der Waals surface area contributed by atoms with Gasteiger partial charge in [0, 0.05) is 12.2 Å². The first-order valence-electron chi connectivity index (χ1n) is 7.16. The number of benzene rings is 1. The molecule has 1 aromatic carbocycles. The molecule has 8 heteroatoms. The van der Waals surface area contributed by atoms with E-state index in [1.807, 2.05) is 37.3 Å². The predicted molar refractivity (Wildman–Crippen MR) is 81.0 cm³/mol. The molecule has 0 aliphatic carbocycles. The van der Waals surface area contributed by atoms with Crippen LogP contribution in [-0.4, -0.2) is 43.7 Å². The average molecular weight is 331 g/mol. The van der Waals surface area contributed by atoms with Gasteiger partial charge in [0.05, 0.1) is 6.54 Å². The number of rotatable bonds is 7. The third kappa shape index (κ3) is 7.03. The third-order valence-electron chi connectivity index (χ3n) is 3.07. The first kappa shape index (κ1) is 18.8. The van der Waals surface area contributed by atoms with E-state index in [2.05, 4.69) is 5.32 Å². The normalized spacial score (nSPS) is 12.4. The molecule has 0 aliphatic heterocycles. The van der Waals surface area contributed by atoms with Crippen molar-refractivity contribution >= 4 is 17.5 Å². The highest BCUT2D eigenvalue weighted by Gasteiger charge is 2.29. The van der Waals surface area contributed by atoms with E-state index in [1.165, 1.54) is 6.92 Å². The summed E-state index contributed by atoms with van der Waals surface area (Å²) in [5.74, 6) is -1.32. The number of likely N-dealkylation sites (N-methyl/N-ethyl adjacent to an activating group) is 1. The number of nitrogens with zero attached hydrogens (tertiary/aromatic N) is 1. The molecule has 1 rings (SSSR count). The lowest BCUT2D eigenvalue weighted by molar-refractivity contribution is -0.140. The minimum absolute atomic E-state index is 0.0113. The summed E-state index contributed by atoms with van der Waals surface area (Å²) in [6.07, 6.45) is -4.48. The maximum absolute atomic E-state index is 12.0. The molecule has 0 bridgehead atoms. The number of para-hydroxylation sites is 1. The number of hydrogen-bond acceptors (Lipinski definition) is 3. The number of alkyl halides is 3. The van der Waals surface area contributed by atoms with Gasteiger partial charge in [-0.3, -0.25) is 9.59 Å². The molecule has 1 atom stereocenters. The van der Waals surface area contributed by atoms with Crippen molar-refractivity contribution in [3.8, 4) is 0 Å². The quantitative estimate of drug-likeness (QED) is 0.799. The van der Waals surface area contributed by atoms with Crippen LogP contribution in [-0.2, 0) is 9.59 Å². The Kier molecular flexibility index (Phi) is 6.87. The maximum Gasteiger partial charge on any atom is 0.405 e. The van der Waals surface area contributed by atoms with Gasteiger partial charge in [0.15, 0.2) is 0 Å². The van der Waals surface area contributed by atoms with Crippen LogP contribution >= 0.6 is 0 Å². The molecule has 0 spiro atoms. The van der Waals surface area contributed by atoms with Crippen LogP contribution in [0.15, 0.2) is 30.3 Å². The first-order valence-corrected chi connectivity index (χ1v) is 7.16. The second kappa shape index (κ2) is 8.40. The Morgan fingerprint density at radius 2 is 1.83 bits per heavy atom. The van der Waals surface area contributed by atoms with Crippen molar-refractivity contribution in [2.45, 2.75) is 26.1 Å². The summed E-state index contributed by atoms with van der Waals surface area (Å²) in [4.78, 5) is 25.2. The van der Waals surface area contributed by atoms with Gasteiger partial charge in [-0.1, -0.05) is 18.2 Å². The van der Waals surface area contributed by atoms with Crippen LogP contribution in [0.1, 0.15) is 13.8 Å². The summed E-state index contributed by atoms with van der Waals surface area (Å²) in [5, 5.41) is 4.12. The number of hydrogen-bond donors (Lipinski definition) is 2. The molecule has 128 valence electrons. The van der Waals surface area contributed by atoms with Crippen molar-refractivity contribution in [1.82, 2.24) is 10.6 Å². The number of halogens is 3. The summed E-state index contributed by atoms with van der Waals surface area (Å²) in [6, 6.07) is 8.17. The van der Waals surface area contributed by atoms with Gasteiger partial charge >= 0.3 is 6.18 Å². The Morgan fingerprint density at radius 1 is 1.22 bits per heavy atom. The second-order valence-corrected chi connectivity index (χ2v) is 4.97. The minimum atomic E-state index is -4.48. The molecule has 0 saturated heterocycles. The number of carbonyl (C=O) groups excluding carboxylic acids is 2. The van der Waals surface area contributed by atoms with E-state index in [9.17, 15) is 22.8 Å². The largest absolute Gasteiger partial charge is 0.405 e. The van der Waals surface area contributed by atoms with Crippen LogP contribution < -0.4 is 15.5 Å². The number of carbonyl (C=O) groups is 2. The van der Waals surface area contributed by atoms with Gasteiger partial charge in [-0.05, 0) is 26.0 Å². The number of nitrogens with one attached hydrogen (secondary N) is 2. The highest BCUT2D eigenvalue weighted by Crippen LogP contribution is 2.13. The zero-order valence-electron chi connectivity index (χ0n) is 13.0. The van der Waals surface area contributed by atoms with E-state index < -0.39 is 30.6 Å². The van der Waals surface area contributed by atoms with Crippen molar-refractivity contribution in [1.29, 1.82) is 0 Å². The van der Waals surface area contributed by atoms with Crippen LogP contribution in [0.5, 0.6) is 0 Å². The van der Waals surface area contributed by atoms with Gasteiger partial charge in [0.2, 0.25) is 11.8 Å². The Hall–Kier alpha value is -2.25. The molecule has 0 heterocycles. The molecule has 0 aliphatic rings. The third-order valence-corrected chi connectivity index (χ3v) is 3.07. The Bertz CT molecular complexity index is 520. The fraction of sp³-hybridized carbons (Fsp3) is 0.467. The Morgan fingerprint density at radius 3 is 2.35 bits per heavy atom. The van der Waals surface area contributed by atoms with Crippen LogP contribution in [0, 0.1) is 0 Å². The zero-order chi connectivity index (χ0) is 17.5. The maximum atomic E-state index is 12.0. The van der Waals surface area contributed by atoms with Gasteiger partial charge in [-0.15, -0.1) is 0 Å². The van der Waals surface area contributed by atoms with Crippen LogP contribution in [0.3, 0.4) is 0 Å². The Labute approximate surface area is 132 Å². The fourth-order valence-electron chi connectivity index (χ4n) is 1.89. The van der Waals surface area contributed by atoms with Gasteiger partial charge < -0.3 is 15.5 Å². The molecule has 1 aromatic rings. The number of anilines is 1. The van der Waals surface area contributed by atoms with Gasteiger partial charge in [0.25, 0.3) is 0 Å². The minimum Gasteiger partial charge on any atom is -0.363 e. The lowest BCUT2D eigenvalue weighted by Crippen LogP contribution is -2.49. The van der Waals surface area contributed by atoms with Crippen molar-refractivity contribution in [2.24, 2.45) is 0 Å². The SMILES string of the molecule is CCN(CC(=O)NC(C)C(=O)NCC(F)(F)F)c1ccccc1. The van der Waals surface area contributed by atoms with E-state index in [0.717, 1.165) is 5.69 Å². The summed E-state index contributed by atoms with van der Waals surface area (Å²) < 4.78 is 36.1. The van der Waals surface area contributed by atoms with E-state index in [0.29, 0.717) is 6.54 Å². The van der Waals surface area contributed by atoms with Crippen molar-refractivity contribution in [2.75, 3.05) is 24.5 Å². The zero-order valence-corrected chi connectivity index (χ0v) is 13.0. The summed E-state index contributed by atoms with van der Waals surface area (Å²) >= 11 is 0. The molecule has 23 heavy (non-hydrogen) atoms. The molecule has 5 nitrogen and oxygen atoms in total. The molecular formula is C15H20F3N3O2. The molecule has 0 saturated carbocycles. The van der Waals surface area contributed by atoms with Gasteiger partial charge in [-0.25, -0.2) is 0 Å². The summed E-state index contributed by atoms with van der Waals surface area (Å²) in [5.41, 5.74) is 0.847. The van der Waals surface area contributed by atoms with Crippen LogP contribution in [0.25, 0.3) is 0 Å². The molecular weight excluding hydrogens is 311 g/mol. The van der Waals surface area contributed by atoms with E-state index in [4.69, 9.17) is 0 Å². The fourth-order valence-corrected chi connectivity index (χ4v) is 1.89. The molecule has 0 aromatic heterocycles. The number of amides is 2. The first-order chi connectivity index (χ1) is 10.7. The highest BCUT2D eigenvalue weighted by atomic mass is 19.4. The summed E-state index contributed by atoms with van der Waals surface area (Å²) in [7, 11) is 0. The van der Waals surface area contributed by atoms with E-state index in [-0.39, 0.29) is 6.54 Å². The molecule has 1 unspecified atom stereocenters. The summed E-state index contributed by atoms with van der Waals surface area (Å²) in [6.45, 7) is 2.38. The van der Waals surface area contributed by atoms with Crippen molar-refractivity contribution in [3.63, 3.8) is 0 Å². The highest BCUT2D eigenvalue weighted by molar-refractivity contribution is 5.89. The second-order valence-electron chi connectivity index (χ2n) is 4.97. The van der Waals surface area contributed by atoms with E-state index in [1.54, 1.807) is 10.2 Å². The van der Waals surface area contributed by atoms with Crippen LogP contribution in [0.2, 0.25) is 0 Å². The predicted octanol–water partition coefficient (Wildman–Crippen LogP) is 1.70. The van der Waals surface area contributed by atoms with Crippen LogP contribution in [0.4, 0.5) is 18.9 Å². The average Bonchev–Trinajstić information content (AvgIpc) is 2.50. The smallest absolute Gasteiger partial charge is 0.363 e. The van der Waals surface area contributed by atoms with E-state index >= 15 is 0 Å². The van der Waals surface area contributed by atoms with Crippen molar-refractivity contribution < 1.29 is 22.8 Å². The molecule has 0 radical (unpaired) electrons. The Balaban J connectivity index is 2.50. The lowest BCUT2D eigenvalue weighted by Gasteiger charge is -2.23. The standard InChI is InChI=1S/C15H20F3N3O2/c1-3-21(12-7-5-4-6-8-12)9-13(22)20-11(2)14(23)19-10-15(16,17)18/h4-8,11H,3,9-10H2,1-2H3,(H,19,23)(H,20,22). The van der Waals surface area contributed by atoms with Gasteiger partial charge in [-0.2, -0.15) is 13.2 Å². The topological polar surface area (TPSA) is 61.4 Å². The van der Waals surface area contributed by atoms with Crippen molar-refractivity contribution in [3.05, 3.63) is 30.3 Å². The molecule has 0 fully saturated rings. The van der Waals surface area contributed by atoms with Gasteiger partial charge in [0.1, 0.15) is 12.6 Å². The molecule has 2 N–H and O–H groups in total.